The van der Waals surface area contributed by atoms with Gasteiger partial charge in [0.25, 0.3) is 0 Å². The third-order valence-corrected chi connectivity index (χ3v) is 3.87. The van der Waals surface area contributed by atoms with Crippen LogP contribution in [0.4, 0.5) is 8.78 Å². The SMILES string of the molecule is O=C(/C=C/c1c(F)cccc1F)NC1CCCCC1CO. The number of rotatable bonds is 4. The zero-order valence-electron chi connectivity index (χ0n) is 11.7. The van der Waals surface area contributed by atoms with Crippen molar-refractivity contribution in [3.8, 4) is 0 Å². The summed E-state index contributed by atoms with van der Waals surface area (Å²) in [5, 5.41) is 12.1. The van der Waals surface area contributed by atoms with Crippen LogP contribution in [0.1, 0.15) is 31.2 Å². The molecule has 2 rings (SSSR count). The molecule has 1 aliphatic rings. The standard InChI is InChI=1S/C16H19F2NO2/c17-13-5-3-6-14(18)12(13)8-9-16(21)19-15-7-2-1-4-11(15)10-20/h3,5-6,8-9,11,15,20H,1-2,4,7,10H2,(H,19,21)/b9-8+. The van der Waals surface area contributed by atoms with E-state index in [4.69, 9.17) is 0 Å². The van der Waals surface area contributed by atoms with E-state index in [1.807, 2.05) is 0 Å². The Kier molecular flexibility index (Phi) is 5.44. The van der Waals surface area contributed by atoms with Crippen LogP contribution >= 0.6 is 0 Å². The number of benzene rings is 1. The molecule has 0 spiro atoms. The van der Waals surface area contributed by atoms with E-state index in [1.54, 1.807) is 0 Å². The van der Waals surface area contributed by atoms with Crippen molar-refractivity contribution in [3.05, 3.63) is 41.5 Å². The fourth-order valence-electron chi connectivity index (χ4n) is 2.68. The summed E-state index contributed by atoms with van der Waals surface area (Å²) in [7, 11) is 0. The molecule has 0 heterocycles. The smallest absolute Gasteiger partial charge is 0.244 e. The summed E-state index contributed by atoms with van der Waals surface area (Å²) in [6.07, 6.45) is 6.02. The second kappa shape index (κ2) is 7.31. The minimum absolute atomic E-state index is 0.0383. The maximum absolute atomic E-state index is 13.4. The summed E-state index contributed by atoms with van der Waals surface area (Å²) >= 11 is 0. The first kappa shape index (κ1) is 15.6. The lowest BCUT2D eigenvalue weighted by Crippen LogP contribution is -2.42. The summed E-state index contributed by atoms with van der Waals surface area (Å²) in [5.41, 5.74) is -0.227. The van der Waals surface area contributed by atoms with Gasteiger partial charge in [0.15, 0.2) is 0 Å². The number of carbonyl (C=O) groups excluding carboxylic acids is 1. The Balaban J connectivity index is 1.99. The van der Waals surface area contributed by atoms with E-state index in [1.165, 1.54) is 6.07 Å². The van der Waals surface area contributed by atoms with Crippen LogP contribution in [-0.2, 0) is 4.79 Å². The van der Waals surface area contributed by atoms with Gasteiger partial charge in [-0.2, -0.15) is 0 Å². The van der Waals surface area contributed by atoms with Gasteiger partial charge in [0.2, 0.25) is 5.91 Å². The van der Waals surface area contributed by atoms with Gasteiger partial charge in [-0.1, -0.05) is 18.9 Å². The van der Waals surface area contributed by atoms with Gasteiger partial charge in [-0.3, -0.25) is 4.79 Å². The second-order valence-electron chi connectivity index (χ2n) is 5.31. The average Bonchev–Trinajstić information content (AvgIpc) is 2.47. The van der Waals surface area contributed by atoms with Crippen LogP contribution in [0.15, 0.2) is 24.3 Å². The Hall–Kier alpha value is -1.75. The number of aliphatic hydroxyl groups excluding tert-OH is 1. The molecule has 114 valence electrons. The summed E-state index contributed by atoms with van der Waals surface area (Å²) in [6.45, 7) is 0.0383. The summed E-state index contributed by atoms with van der Waals surface area (Å²) in [4.78, 5) is 11.8. The molecule has 0 radical (unpaired) electrons. The van der Waals surface area contributed by atoms with E-state index in [9.17, 15) is 18.7 Å². The van der Waals surface area contributed by atoms with E-state index < -0.39 is 17.5 Å². The van der Waals surface area contributed by atoms with Crippen LogP contribution in [-0.4, -0.2) is 23.7 Å². The van der Waals surface area contributed by atoms with E-state index in [0.29, 0.717) is 0 Å². The molecule has 5 heteroatoms. The van der Waals surface area contributed by atoms with Gasteiger partial charge in [-0.15, -0.1) is 0 Å². The quantitative estimate of drug-likeness (QED) is 0.839. The van der Waals surface area contributed by atoms with Crippen LogP contribution in [0.3, 0.4) is 0 Å². The molecule has 0 aliphatic heterocycles. The molecule has 2 N–H and O–H groups in total. The number of hydrogen-bond acceptors (Lipinski definition) is 2. The number of hydrogen-bond donors (Lipinski definition) is 2. The normalized spacial score (nSPS) is 22.4. The van der Waals surface area contributed by atoms with Crippen molar-refractivity contribution in [3.63, 3.8) is 0 Å². The molecule has 0 bridgehead atoms. The van der Waals surface area contributed by atoms with Crippen molar-refractivity contribution >= 4 is 12.0 Å². The first-order chi connectivity index (χ1) is 10.1. The molecule has 21 heavy (non-hydrogen) atoms. The highest BCUT2D eigenvalue weighted by Crippen LogP contribution is 2.24. The number of carbonyl (C=O) groups is 1. The van der Waals surface area contributed by atoms with Crippen molar-refractivity contribution < 1.29 is 18.7 Å². The second-order valence-corrected chi connectivity index (χ2v) is 5.31. The van der Waals surface area contributed by atoms with Gasteiger partial charge in [0.05, 0.1) is 0 Å². The van der Waals surface area contributed by atoms with Crippen LogP contribution in [0.5, 0.6) is 0 Å². The van der Waals surface area contributed by atoms with Crippen molar-refractivity contribution in [1.29, 1.82) is 0 Å². The highest BCUT2D eigenvalue weighted by molar-refractivity contribution is 5.92. The van der Waals surface area contributed by atoms with Crippen LogP contribution in [0.2, 0.25) is 0 Å². The molecule has 1 amide bonds. The minimum Gasteiger partial charge on any atom is -0.396 e. The van der Waals surface area contributed by atoms with Crippen molar-refractivity contribution in [2.75, 3.05) is 6.61 Å². The minimum atomic E-state index is -0.704. The van der Waals surface area contributed by atoms with E-state index in [2.05, 4.69) is 5.32 Å². The Labute approximate surface area is 122 Å². The van der Waals surface area contributed by atoms with Gasteiger partial charge < -0.3 is 10.4 Å². The molecule has 0 aromatic heterocycles. The predicted molar refractivity (Wildman–Crippen MR) is 76.4 cm³/mol. The lowest BCUT2D eigenvalue weighted by atomic mass is 9.85. The Bertz CT molecular complexity index is 511. The predicted octanol–water partition coefficient (Wildman–Crippen LogP) is 2.65. The zero-order chi connectivity index (χ0) is 15.2. The zero-order valence-corrected chi connectivity index (χ0v) is 11.7. The third-order valence-electron chi connectivity index (χ3n) is 3.87. The Morgan fingerprint density at radius 2 is 1.95 bits per heavy atom. The number of halogens is 2. The maximum Gasteiger partial charge on any atom is 0.244 e. The molecular formula is C16H19F2NO2. The number of nitrogens with one attached hydrogen (secondary N) is 1. The number of aliphatic hydroxyl groups is 1. The molecule has 1 fully saturated rings. The monoisotopic (exact) mass is 295 g/mol. The topological polar surface area (TPSA) is 49.3 Å². The molecule has 1 aromatic carbocycles. The van der Waals surface area contributed by atoms with Crippen LogP contribution in [0, 0.1) is 17.6 Å². The third kappa shape index (κ3) is 4.11. The van der Waals surface area contributed by atoms with E-state index in [0.717, 1.165) is 50.0 Å². The highest BCUT2D eigenvalue weighted by Gasteiger charge is 2.25. The first-order valence-electron chi connectivity index (χ1n) is 7.15. The lowest BCUT2D eigenvalue weighted by molar-refractivity contribution is -0.117. The molecule has 2 unspecified atom stereocenters. The highest BCUT2D eigenvalue weighted by atomic mass is 19.1. The summed E-state index contributed by atoms with van der Waals surface area (Å²) in [6, 6.07) is 3.48. The molecular weight excluding hydrogens is 276 g/mol. The van der Waals surface area contributed by atoms with Gasteiger partial charge in [0.1, 0.15) is 11.6 Å². The van der Waals surface area contributed by atoms with Gasteiger partial charge in [-0.25, -0.2) is 8.78 Å². The van der Waals surface area contributed by atoms with Crippen molar-refractivity contribution in [2.45, 2.75) is 31.7 Å². The fourth-order valence-corrected chi connectivity index (χ4v) is 2.68. The summed E-state index contributed by atoms with van der Waals surface area (Å²) < 4.78 is 26.8. The van der Waals surface area contributed by atoms with Gasteiger partial charge in [-0.05, 0) is 31.1 Å². The van der Waals surface area contributed by atoms with Crippen LogP contribution < -0.4 is 5.32 Å². The van der Waals surface area contributed by atoms with E-state index in [-0.39, 0.29) is 24.1 Å². The molecule has 2 atom stereocenters. The largest absolute Gasteiger partial charge is 0.396 e. The molecule has 1 aliphatic carbocycles. The van der Waals surface area contributed by atoms with Crippen LogP contribution in [0.25, 0.3) is 6.08 Å². The average molecular weight is 295 g/mol. The Morgan fingerprint density at radius 3 is 2.62 bits per heavy atom. The Morgan fingerprint density at radius 1 is 1.29 bits per heavy atom. The van der Waals surface area contributed by atoms with Crippen molar-refractivity contribution in [2.24, 2.45) is 5.92 Å². The maximum atomic E-state index is 13.4. The van der Waals surface area contributed by atoms with Crippen molar-refractivity contribution in [1.82, 2.24) is 5.32 Å². The molecule has 1 saturated carbocycles. The van der Waals surface area contributed by atoms with E-state index >= 15 is 0 Å². The molecule has 0 saturated heterocycles. The number of amides is 1. The summed E-state index contributed by atoms with van der Waals surface area (Å²) in [5.74, 6) is -1.75. The first-order valence-corrected chi connectivity index (χ1v) is 7.15. The molecule has 1 aromatic rings. The lowest BCUT2D eigenvalue weighted by Gasteiger charge is -2.30. The fraction of sp³-hybridized carbons (Fsp3) is 0.438. The van der Waals surface area contributed by atoms with Gasteiger partial charge in [0, 0.05) is 30.2 Å². The van der Waals surface area contributed by atoms with Gasteiger partial charge >= 0.3 is 0 Å². The molecule has 3 nitrogen and oxygen atoms in total.